The van der Waals surface area contributed by atoms with Crippen LogP contribution >= 0.6 is 0 Å². The van der Waals surface area contributed by atoms with Crippen molar-refractivity contribution < 1.29 is 9.47 Å². The van der Waals surface area contributed by atoms with Gasteiger partial charge in [0.2, 0.25) is 0 Å². The van der Waals surface area contributed by atoms with Gasteiger partial charge in [-0.1, -0.05) is 48.5 Å². The lowest BCUT2D eigenvalue weighted by Gasteiger charge is -2.09. The first kappa shape index (κ1) is 17.4. The van der Waals surface area contributed by atoms with Crippen LogP contribution in [0.1, 0.15) is 11.1 Å². The average Bonchev–Trinajstić information content (AvgIpc) is 2.66. The highest BCUT2D eigenvalue weighted by Crippen LogP contribution is 2.21. The highest BCUT2D eigenvalue weighted by Gasteiger charge is 2.00. The molecule has 3 aromatic rings. The van der Waals surface area contributed by atoms with Gasteiger partial charge in [-0.25, -0.2) is 4.99 Å². The molecule has 3 rings (SSSR count). The summed E-state index contributed by atoms with van der Waals surface area (Å²) in [6.45, 7) is 0.999. The van der Waals surface area contributed by atoms with Gasteiger partial charge in [0.25, 0.3) is 0 Å². The molecule has 0 aromatic heterocycles. The first-order chi connectivity index (χ1) is 12.7. The highest BCUT2D eigenvalue weighted by atomic mass is 16.5. The molecule has 132 valence electrons. The number of hydrogen-bond acceptors (Lipinski definition) is 3. The van der Waals surface area contributed by atoms with Gasteiger partial charge in [-0.15, -0.1) is 0 Å². The summed E-state index contributed by atoms with van der Waals surface area (Å²) in [5, 5.41) is 0. The molecule has 0 unspecified atom stereocenters. The number of guanidine groups is 1. The summed E-state index contributed by atoms with van der Waals surface area (Å²) in [4.78, 5) is 4.01. The van der Waals surface area contributed by atoms with Crippen molar-refractivity contribution in [1.29, 1.82) is 0 Å². The maximum atomic E-state index is 5.79. The van der Waals surface area contributed by atoms with Crippen molar-refractivity contribution in [2.75, 3.05) is 0 Å². The summed E-state index contributed by atoms with van der Waals surface area (Å²) >= 11 is 0. The molecule has 0 radical (unpaired) electrons. The second kappa shape index (κ2) is 8.58. The molecule has 0 bridgehead atoms. The molecule has 0 saturated heterocycles. The Labute approximate surface area is 152 Å². The molecule has 5 nitrogen and oxygen atoms in total. The van der Waals surface area contributed by atoms with Gasteiger partial charge in [0.05, 0.1) is 5.69 Å². The molecule has 0 amide bonds. The van der Waals surface area contributed by atoms with Gasteiger partial charge in [0.15, 0.2) is 5.96 Å². The molecule has 0 spiro atoms. The Morgan fingerprint density at radius 3 is 2.04 bits per heavy atom. The van der Waals surface area contributed by atoms with Crippen LogP contribution in [0.15, 0.2) is 83.9 Å². The Morgan fingerprint density at radius 1 is 0.692 bits per heavy atom. The summed E-state index contributed by atoms with van der Waals surface area (Å²) in [5.41, 5.74) is 13.6. The van der Waals surface area contributed by atoms with Crippen molar-refractivity contribution in [2.24, 2.45) is 16.5 Å². The molecule has 4 N–H and O–H groups in total. The largest absolute Gasteiger partial charge is 0.489 e. The fraction of sp³-hybridized carbons (Fsp3) is 0.0952. The van der Waals surface area contributed by atoms with Gasteiger partial charge in [-0.2, -0.15) is 0 Å². The molecule has 0 fully saturated rings. The van der Waals surface area contributed by atoms with Crippen LogP contribution in [0.2, 0.25) is 0 Å². The molecule has 3 aromatic carbocycles. The molecule has 26 heavy (non-hydrogen) atoms. The van der Waals surface area contributed by atoms with Crippen molar-refractivity contribution in [3.63, 3.8) is 0 Å². The van der Waals surface area contributed by atoms with Crippen LogP contribution < -0.4 is 20.9 Å². The summed E-state index contributed by atoms with van der Waals surface area (Å²) in [5.74, 6) is 1.55. The van der Waals surface area contributed by atoms with Crippen LogP contribution in [0, 0.1) is 0 Å². The van der Waals surface area contributed by atoms with E-state index in [1.807, 2.05) is 72.8 Å². The summed E-state index contributed by atoms with van der Waals surface area (Å²) in [6, 6.07) is 25.2. The third kappa shape index (κ3) is 5.27. The summed E-state index contributed by atoms with van der Waals surface area (Å²) in [7, 11) is 0. The Balaban J connectivity index is 1.54. The van der Waals surface area contributed by atoms with E-state index in [1.54, 1.807) is 6.07 Å². The molecule has 0 heterocycles. The lowest BCUT2D eigenvalue weighted by molar-refractivity contribution is 0.301. The predicted octanol–water partition coefficient (Wildman–Crippen LogP) is 3.75. The van der Waals surface area contributed by atoms with Crippen molar-refractivity contribution in [3.05, 3.63) is 90.0 Å². The minimum Gasteiger partial charge on any atom is -0.489 e. The number of benzene rings is 3. The Morgan fingerprint density at radius 2 is 1.35 bits per heavy atom. The van der Waals surface area contributed by atoms with Crippen molar-refractivity contribution in [3.8, 4) is 11.5 Å². The van der Waals surface area contributed by atoms with E-state index in [0.29, 0.717) is 24.7 Å². The van der Waals surface area contributed by atoms with Crippen molar-refractivity contribution >= 4 is 11.6 Å². The summed E-state index contributed by atoms with van der Waals surface area (Å²) in [6.07, 6.45) is 0. The minimum absolute atomic E-state index is 0.0215. The van der Waals surface area contributed by atoms with Crippen LogP contribution in [-0.4, -0.2) is 5.96 Å². The van der Waals surface area contributed by atoms with Gasteiger partial charge >= 0.3 is 0 Å². The predicted molar refractivity (Wildman–Crippen MR) is 103 cm³/mol. The monoisotopic (exact) mass is 347 g/mol. The second-order valence-electron chi connectivity index (χ2n) is 5.74. The Bertz CT molecular complexity index is 858. The van der Waals surface area contributed by atoms with Crippen LogP contribution in [0.4, 0.5) is 5.69 Å². The maximum absolute atomic E-state index is 5.79. The van der Waals surface area contributed by atoms with Crippen LogP contribution in [0.5, 0.6) is 11.5 Å². The van der Waals surface area contributed by atoms with E-state index < -0.39 is 0 Å². The Kier molecular flexibility index (Phi) is 5.72. The number of nitrogens with two attached hydrogens (primary N) is 2. The third-order valence-corrected chi connectivity index (χ3v) is 3.65. The zero-order valence-electron chi connectivity index (χ0n) is 14.3. The van der Waals surface area contributed by atoms with Gasteiger partial charge in [0.1, 0.15) is 24.7 Å². The highest BCUT2D eigenvalue weighted by molar-refractivity contribution is 5.79. The fourth-order valence-electron chi connectivity index (χ4n) is 2.38. The number of ether oxygens (including phenoxy) is 2. The molecular weight excluding hydrogens is 326 g/mol. The zero-order valence-corrected chi connectivity index (χ0v) is 14.3. The number of hydrogen-bond donors (Lipinski definition) is 2. The van der Waals surface area contributed by atoms with Gasteiger partial charge in [-0.3, -0.25) is 0 Å². The average molecular weight is 347 g/mol. The lowest BCUT2D eigenvalue weighted by atomic mass is 10.2. The van der Waals surface area contributed by atoms with E-state index >= 15 is 0 Å². The van der Waals surface area contributed by atoms with Gasteiger partial charge in [0, 0.05) is 6.07 Å². The van der Waals surface area contributed by atoms with E-state index in [2.05, 4.69) is 4.99 Å². The Hall–Kier alpha value is -3.47. The normalized spacial score (nSPS) is 10.2. The first-order valence-electron chi connectivity index (χ1n) is 8.27. The lowest BCUT2D eigenvalue weighted by Crippen LogP contribution is -2.21. The third-order valence-electron chi connectivity index (χ3n) is 3.65. The van der Waals surface area contributed by atoms with E-state index in [4.69, 9.17) is 20.9 Å². The molecular formula is C21H21N3O2. The maximum Gasteiger partial charge on any atom is 0.191 e. The van der Waals surface area contributed by atoms with E-state index in [1.165, 1.54) is 0 Å². The van der Waals surface area contributed by atoms with Crippen LogP contribution in [0.3, 0.4) is 0 Å². The van der Waals surface area contributed by atoms with Gasteiger partial charge < -0.3 is 20.9 Å². The number of aliphatic imine (C=N–C) groups is 1. The second-order valence-corrected chi connectivity index (χ2v) is 5.74. The number of rotatable bonds is 7. The molecule has 0 atom stereocenters. The molecule has 0 saturated carbocycles. The fourth-order valence-corrected chi connectivity index (χ4v) is 2.38. The number of nitrogens with zero attached hydrogens (tertiary/aromatic N) is 1. The molecule has 0 aliphatic rings. The van der Waals surface area contributed by atoms with Crippen molar-refractivity contribution in [1.82, 2.24) is 0 Å². The molecule has 0 aliphatic carbocycles. The first-order valence-corrected chi connectivity index (χ1v) is 8.27. The van der Waals surface area contributed by atoms with Crippen LogP contribution in [0.25, 0.3) is 0 Å². The standard InChI is InChI=1S/C21H21N3O2/c22-21(23)24-18-7-4-8-20(13-18)26-15-17-9-11-19(12-10-17)25-14-16-5-2-1-3-6-16/h1-13H,14-15H2,(H4,22,23,24). The zero-order chi connectivity index (χ0) is 18.2. The minimum atomic E-state index is 0.0215. The van der Waals surface area contributed by atoms with Crippen molar-refractivity contribution in [2.45, 2.75) is 13.2 Å². The van der Waals surface area contributed by atoms with Gasteiger partial charge in [-0.05, 0) is 35.4 Å². The molecule has 5 heteroatoms. The SMILES string of the molecule is NC(N)=Nc1cccc(OCc2ccc(OCc3ccccc3)cc2)c1. The van der Waals surface area contributed by atoms with E-state index in [-0.39, 0.29) is 5.96 Å². The van der Waals surface area contributed by atoms with Crippen LogP contribution in [-0.2, 0) is 13.2 Å². The summed E-state index contributed by atoms with van der Waals surface area (Å²) < 4.78 is 11.6. The molecule has 0 aliphatic heterocycles. The van der Waals surface area contributed by atoms with E-state index in [9.17, 15) is 0 Å². The van der Waals surface area contributed by atoms with E-state index in [0.717, 1.165) is 16.9 Å². The quantitative estimate of drug-likeness (QED) is 0.504. The topological polar surface area (TPSA) is 82.9 Å². The smallest absolute Gasteiger partial charge is 0.191 e.